The quantitative estimate of drug-likeness (QED) is 0.670. The molecule has 0 spiro atoms. The van der Waals surface area contributed by atoms with E-state index in [1.165, 1.54) is 12.8 Å². The van der Waals surface area contributed by atoms with Crippen LogP contribution in [0, 0.1) is 5.41 Å². The van der Waals surface area contributed by atoms with E-state index < -0.39 is 0 Å². The summed E-state index contributed by atoms with van der Waals surface area (Å²) in [5.41, 5.74) is 0.625. The van der Waals surface area contributed by atoms with Gasteiger partial charge in [-0.05, 0) is 38.6 Å². The summed E-state index contributed by atoms with van der Waals surface area (Å²) < 4.78 is 0. The highest BCUT2D eigenvalue weighted by Gasteiger charge is 2.34. The number of hydrogen-bond acceptors (Lipinski definition) is 1. The smallest absolute Gasteiger partial charge is 0.0175 e. The second-order valence-corrected chi connectivity index (χ2v) is 4.79. The van der Waals surface area contributed by atoms with E-state index in [2.05, 4.69) is 46.9 Å². The molecule has 1 N–H and O–H groups in total. The monoisotopic (exact) mass is 171 g/mol. The van der Waals surface area contributed by atoms with E-state index in [-0.39, 0.29) is 5.54 Å². The summed E-state index contributed by atoms with van der Waals surface area (Å²) in [5, 5.41) is 3.60. The van der Waals surface area contributed by atoms with Crippen molar-refractivity contribution in [3.8, 4) is 0 Å². The summed E-state index contributed by atoms with van der Waals surface area (Å²) in [6, 6.07) is 0. The molecule has 0 aromatic carbocycles. The van der Waals surface area contributed by atoms with Gasteiger partial charge in [0.1, 0.15) is 0 Å². The lowest BCUT2D eigenvalue weighted by Gasteiger charge is -2.42. The van der Waals surface area contributed by atoms with Crippen LogP contribution in [-0.4, -0.2) is 12.1 Å². The number of nitrogens with one attached hydrogen (secondary N) is 1. The van der Waals surface area contributed by atoms with Crippen LogP contribution >= 0.6 is 0 Å². The lowest BCUT2D eigenvalue weighted by atomic mass is 9.72. The predicted octanol–water partition coefficient (Wildman–Crippen LogP) is 3.20. The lowest BCUT2D eigenvalue weighted by molar-refractivity contribution is 0.149. The van der Waals surface area contributed by atoms with Gasteiger partial charge in [-0.3, -0.25) is 0 Å². The molecule has 0 unspecified atom stereocenters. The van der Waals surface area contributed by atoms with Gasteiger partial charge in [-0.25, -0.2) is 0 Å². The largest absolute Gasteiger partial charge is 0.311 e. The van der Waals surface area contributed by atoms with Crippen LogP contribution < -0.4 is 5.32 Å². The van der Waals surface area contributed by atoms with Crippen molar-refractivity contribution in [2.24, 2.45) is 5.41 Å². The highest BCUT2D eigenvalue weighted by atomic mass is 15.0. The van der Waals surface area contributed by atoms with Crippen molar-refractivity contribution in [2.45, 2.75) is 59.9 Å². The van der Waals surface area contributed by atoms with E-state index in [1.54, 1.807) is 0 Å². The summed E-state index contributed by atoms with van der Waals surface area (Å²) in [4.78, 5) is 0. The van der Waals surface area contributed by atoms with Crippen LogP contribution in [0.5, 0.6) is 0 Å². The van der Waals surface area contributed by atoms with Gasteiger partial charge < -0.3 is 5.32 Å². The molecule has 1 nitrogen and oxygen atoms in total. The van der Waals surface area contributed by atoms with E-state index >= 15 is 0 Å². The molecule has 0 rings (SSSR count). The van der Waals surface area contributed by atoms with Gasteiger partial charge >= 0.3 is 0 Å². The second-order valence-electron chi connectivity index (χ2n) is 4.79. The lowest BCUT2D eigenvalue weighted by Crippen LogP contribution is -2.51. The fourth-order valence-electron chi connectivity index (χ4n) is 1.12. The molecule has 0 aliphatic rings. The topological polar surface area (TPSA) is 12.0 Å². The fourth-order valence-corrected chi connectivity index (χ4v) is 1.12. The summed E-state index contributed by atoms with van der Waals surface area (Å²) in [6.45, 7) is 14.8. The Hall–Kier alpha value is -0.0400. The third-order valence-electron chi connectivity index (χ3n) is 3.39. The molecule has 0 heterocycles. The van der Waals surface area contributed by atoms with E-state index in [9.17, 15) is 0 Å². The van der Waals surface area contributed by atoms with Crippen LogP contribution in [0.15, 0.2) is 0 Å². The summed E-state index contributed by atoms with van der Waals surface area (Å²) in [6.07, 6.45) is 2.43. The molecule has 0 bridgehead atoms. The van der Waals surface area contributed by atoms with Crippen LogP contribution in [0.4, 0.5) is 0 Å². The molecule has 0 atom stereocenters. The maximum atomic E-state index is 3.60. The minimum absolute atomic E-state index is 0.248. The summed E-state index contributed by atoms with van der Waals surface area (Å²) in [7, 11) is 0. The van der Waals surface area contributed by atoms with Crippen LogP contribution in [0.2, 0.25) is 0 Å². The Bertz CT molecular complexity index is 125. The van der Waals surface area contributed by atoms with Gasteiger partial charge in [0.05, 0.1) is 0 Å². The minimum atomic E-state index is 0.248. The van der Waals surface area contributed by atoms with Crippen molar-refractivity contribution in [2.75, 3.05) is 6.54 Å². The van der Waals surface area contributed by atoms with Crippen molar-refractivity contribution in [3.63, 3.8) is 0 Å². The Labute approximate surface area is 77.9 Å². The molecule has 1 heteroatoms. The first-order valence-corrected chi connectivity index (χ1v) is 5.12. The second kappa shape index (κ2) is 4.27. The van der Waals surface area contributed by atoms with Gasteiger partial charge in [0.15, 0.2) is 0 Å². The maximum absolute atomic E-state index is 3.60. The van der Waals surface area contributed by atoms with Crippen molar-refractivity contribution in [1.29, 1.82) is 0 Å². The first-order valence-electron chi connectivity index (χ1n) is 5.12. The Morgan fingerprint density at radius 3 is 1.83 bits per heavy atom. The molecule has 0 aromatic rings. The molecule has 12 heavy (non-hydrogen) atoms. The zero-order valence-corrected chi connectivity index (χ0v) is 9.62. The van der Waals surface area contributed by atoms with Gasteiger partial charge in [0, 0.05) is 5.54 Å². The zero-order valence-electron chi connectivity index (χ0n) is 9.62. The summed E-state index contributed by atoms with van der Waals surface area (Å²) in [5.74, 6) is 0. The van der Waals surface area contributed by atoms with Gasteiger partial charge in [-0.1, -0.05) is 27.7 Å². The standard InChI is InChI=1S/C11H25N/c1-7-9-12-11(5,6)10(3,4)8-2/h12H,7-9H2,1-6H3. The molecule has 0 aromatic heterocycles. The molecular weight excluding hydrogens is 146 g/mol. The molecule has 0 fully saturated rings. The molecule has 0 aliphatic carbocycles. The average molecular weight is 171 g/mol. The fraction of sp³-hybridized carbons (Fsp3) is 1.00. The van der Waals surface area contributed by atoms with Crippen LogP contribution in [0.1, 0.15) is 54.4 Å². The molecule has 0 saturated heterocycles. The molecule has 0 aliphatic heterocycles. The van der Waals surface area contributed by atoms with Crippen LogP contribution in [-0.2, 0) is 0 Å². The molecule has 0 saturated carbocycles. The van der Waals surface area contributed by atoms with Gasteiger partial charge in [0.2, 0.25) is 0 Å². The van der Waals surface area contributed by atoms with E-state index in [0.717, 1.165) is 6.54 Å². The number of hydrogen-bond donors (Lipinski definition) is 1. The first kappa shape index (κ1) is 12.0. The van der Waals surface area contributed by atoms with Gasteiger partial charge in [-0.15, -0.1) is 0 Å². The molecule has 74 valence electrons. The number of rotatable bonds is 5. The van der Waals surface area contributed by atoms with Crippen molar-refractivity contribution in [3.05, 3.63) is 0 Å². The molecule has 0 radical (unpaired) electrons. The Morgan fingerprint density at radius 2 is 1.50 bits per heavy atom. The molecular formula is C11H25N. The SMILES string of the molecule is CCCNC(C)(C)C(C)(C)CC. The highest BCUT2D eigenvalue weighted by molar-refractivity contribution is 4.91. The minimum Gasteiger partial charge on any atom is -0.311 e. The predicted molar refractivity (Wildman–Crippen MR) is 56.4 cm³/mol. The summed E-state index contributed by atoms with van der Waals surface area (Å²) >= 11 is 0. The third kappa shape index (κ3) is 2.78. The Balaban J connectivity index is 4.17. The third-order valence-corrected chi connectivity index (χ3v) is 3.39. The maximum Gasteiger partial charge on any atom is 0.0175 e. The van der Waals surface area contributed by atoms with Gasteiger partial charge in [0.25, 0.3) is 0 Å². The molecule has 0 amide bonds. The van der Waals surface area contributed by atoms with Crippen molar-refractivity contribution < 1.29 is 0 Å². The van der Waals surface area contributed by atoms with Crippen molar-refractivity contribution >= 4 is 0 Å². The van der Waals surface area contributed by atoms with E-state index in [1.807, 2.05) is 0 Å². The van der Waals surface area contributed by atoms with Crippen LogP contribution in [0.25, 0.3) is 0 Å². The Morgan fingerprint density at radius 1 is 1.00 bits per heavy atom. The normalized spacial score (nSPS) is 13.5. The van der Waals surface area contributed by atoms with E-state index in [4.69, 9.17) is 0 Å². The highest BCUT2D eigenvalue weighted by Crippen LogP contribution is 2.33. The van der Waals surface area contributed by atoms with E-state index in [0.29, 0.717) is 5.41 Å². The van der Waals surface area contributed by atoms with Gasteiger partial charge in [-0.2, -0.15) is 0 Å². The zero-order chi connectivity index (χ0) is 9.83. The Kier molecular flexibility index (Phi) is 4.25. The van der Waals surface area contributed by atoms with Crippen molar-refractivity contribution in [1.82, 2.24) is 5.32 Å². The van der Waals surface area contributed by atoms with Crippen LogP contribution in [0.3, 0.4) is 0 Å². The average Bonchev–Trinajstić information content (AvgIpc) is 2.00. The first-order chi connectivity index (χ1) is 5.37.